The molecule has 0 atom stereocenters. The molecular formula is C18H24N2O3S2. The molecule has 136 valence electrons. The van der Waals surface area contributed by atoms with E-state index in [1.807, 2.05) is 17.5 Å². The van der Waals surface area contributed by atoms with Crippen molar-refractivity contribution < 1.29 is 13.2 Å². The largest absolute Gasteiger partial charge is 0.342 e. The maximum atomic E-state index is 12.3. The molecule has 0 saturated heterocycles. The van der Waals surface area contributed by atoms with Crippen LogP contribution in [0.15, 0.2) is 46.7 Å². The minimum Gasteiger partial charge on any atom is -0.342 e. The Labute approximate surface area is 153 Å². The van der Waals surface area contributed by atoms with E-state index in [1.54, 1.807) is 35.4 Å². The van der Waals surface area contributed by atoms with Gasteiger partial charge in [0.25, 0.3) is 5.91 Å². The van der Waals surface area contributed by atoms with Crippen LogP contribution >= 0.6 is 11.3 Å². The van der Waals surface area contributed by atoms with Crippen molar-refractivity contribution in [3.05, 3.63) is 52.2 Å². The molecule has 7 heteroatoms. The number of thiophene rings is 1. The normalized spacial score (nSPS) is 11.4. The number of carbonyl (C=O) groups excluding carboxylic acids is 1. The fourth-order valence-electron chi connectivity index (χ4n) is 2.34. The Hall–Kier alpha value is -1.70. The van der Waals surface area contributed by atoms with Crippen LogP contribution in [0.5, 0.6) is 0 Å². The van der Waals surface area contributed by atoms with Gasteiger partial charge in [0.1, 0.15) is 0 Å². The maximum absolute atomic E-state index is 12.3. The van der Waals surface area contributed by atoms with Gasteiger partial charge in [-0.05, 0) is 48.6 Å². The van der Waals surface area contributed by atoms with E-state index in [4.69, 9.17) is 0 Å². The third kappa shape index (κ3) is 5.66. The van der Waals surface area contributed by atoms with E-state index >= 15 is 0 Å². The van der Waals surface area contributed by atoms with Gasteiger partial charge in [0.15, 0.2) is 0 Å². The number of sulfonamides is 1. The zero-order valence-electron chi connectivity index (χ0n) is 14.6. The Morgan fingerprint density at radius 3 is 2.52 bits per heavy atom. The molecular weight excluding hydrogens is 356 g/mol. The predicted octanol–water partition coefficient (Wildman–Crippen LogP) is 3.14. The summed E-state index contributed by atoms with van der Waals surface area (Å²) in [4.78, 5) is 15.2. The minimum atomic E-state index is -3.56. The van der Waals surface area contributed by atoms with E-state index in [9.17, 15) is 13.2 Å². The average Bonchev–Trinajstić information content (AvgIpc) is 3.12. The molecule has 1 amide bonds. The lowest BCUT2D eigenvalue weighted by Crippen LogP contribution is -2.28. The van der Waals surface area contributed by atoms with E-state index in [0.29, 0.717) is 25.1 Å². The quantitative estimate of drug-likeness (QED) is 0.727. The van der Waals surface area contributed by atoms with Crippen molar-refractivity contribution in [2.24, 2.45) is 0 Å². The van der Waals surface area contributed by atoms with E-state index in [2.05, 4.69) is 11.6 Å². The molecule has 0 aliphatic rings. The van der Waals surface area contributed by atoms with Gasteiger partial charge in [-0.1, -0.05) is 19.4 Å². The van der Waals surface area contributed by atoms with E-state index in [0.717, 1.165) is 17.7 Å². The Morgan fingerprint density at radius 2 is 1.92 bits per heavy atom. The summed E-state index contributed by atoms with van der Waals surface area (Å²) in [5.41, 5.74) is 0.496. The fraction of sp³-hybridized carbons (Fsp3) is 0.389. The zero-order chi connectivity index (χ0) is 18.3. The lowest BCUT2D eigenvalue weighted by atomic mass is 10.2. The number of rotatable bonds is 9. The van der Waals surface area contributed by atoms with Crippen molar-refractivity contribution in [3.63, 3.8) is 0 Å². The number of benzene rings is 1. The first-order chi connectivity index (χ1) is 11.9. The van der Waals surface area contributed by atoms with Crippen LogP contribution in [0.2, 0.25) is 0 Å². The van der Waals surface area contributed by atoms with Crippen LogP contribution in [0.4, 0.5) is 0 Å². The van der Waals surface area contributed by atoms with Gasteiger partial charge in [0, 0.05) is 30.6 Å². The van der Waals surface area contributed by atoms with Crippen molar-refractivity contribution in [1.29, 1.82) is 0 Å². The summed E-state index contributed by atoms with van der Waals surface area (Å²) < 4.78 is 27.2. The maximum Gasteiger partial charge on any atom is 0.253 e. The molecule has 1 N–H and O–H groups in total. The molecule has 25 heavy (non-hydrogen) atoms. The van der Waals surface area contributed by atoms with E-state index in [-0.39, 0.29) is 10.8 Å². The van der Waals surface area contributed by atoms with Crippen LogP contribution in [0.25, 0.3) is 0 Å². The van der Waals surface area contributed by atoms with Crippen molar-refractivity contribution in [1.82, 2.24) is 9.62 Å². The SMILES string of the molecule is CCCCN(C)C(=O)c1ccc(S(=O)(=O)NCCc2cccs2)cc1. The van der Waals surface area contributed by atoms with E-state index in [1.165, 1.54) is 12.1 Å². The molecule has 1 aromatic heterocycles. The second kappa shape index (κ2) is 9.12. The Morgan fingerprint density at radius 1 is 1.20 bits per heavy atom. The zero-order valence-corrected chi connectivity index (χ0v) is 16.2. The van der Waals surface area contributed by atoms with Crippen LogP contribution in [0, 0.1) is 0 Å². The monoisotopic (exact) mass is 380 g/mol. The highest BCUT2D eigenvalue weighted by atomic mass is 32.2. The number of hydrogen-bond acceptors (Lipinski definition) is 4. The van der Waals surface area contributed by atoms with Crippen LogP contribution in [0.1, 0.15) is 35.0 Å². The van der Waals surface area contributed by atoms with Gasteiger partial charge in [-0.3, -0.25) is 4.79 Å². The summed E-state index contributed by atoms with van der Waals surface area (Å²) in [7, 11) is -1.80. The molecule has 0 radical (unpaired) electrons. The van der Waals surface area contributed by atoms with E-state index < -0.39 is 10.0 Å². The molecule has 0 unspecified atom stereocenters. The van der Waals surface area contributed by atoms with Crippen LogP contribution < -0.4 is 4.72 Å². The second-order valence-electron chi connectivity index (χ2n) is 5.83. The lowest BCUT2D eigenvalue weighted by Gasteiger charge is -2.16. The summed E-state index contributed by atoms with van der Waals surface area (Å²) >= 11 is 1.61. The topological polar surface area (TPSA) is 66.5 Å². The molecule has 0 fully saturated rings. The Kier molecular flexibility index (Phi) is 7.16. The van der Waals surface area contributed by atoms with Gasteiger partial charge < -0.3 is 4.90 Å². The summed E-state index contributed by atoms with van der Waals surface area (Å²) in [6, 6.07) is 10.0. The van der Waals surface area contributed by atoms with Crippen molar-refractivity contribution in [2.75, 3.05) is 20.1 Å². The van der Waals surface area contributed by atoms with Gasteiger partial charge >= 0.3 is 0 Å². The molecule has 0 saturated carbocycles. The van der Waals surface area contributed by atoms with Crippen LogP contribution in [-0.2, 0) is 16.4 Å². The highest BCUT2D eigenvalue weighted by molar-refractivity contribution is 7.89. The molecule has 0 aliphatic heterocycles. The first kappa shape index (κ1) is 19.6. The summed E-state index contributed by atoms with van der Waals surface area (Å²) in [6.45, 7) is 3.12. The fourth-order valence-corrected chi connectivity index (χ4v) is 4.08. The van der Waals surface area contributed by atoms with Gasteiger partial charge in [-0.15, -0.1) is 11.3 Å². The summed E-state index contributed by atoms with van der Waals surface area (Å²) in [6.07, 6.45) is 2.63. The smallest absolute Gasteiger partial charge is 0.253 e. The third-order valence-corrected chi connectivity index (χ3v) is 6.26. The van der Waals surface area contributed by atoms with Crippen molar-refractivity contribution in [2.45, 2.75) is 31.1 Å². The van der Waals surface area contributed by atoms with Gasteiger partial charge in [0.05, 0.1) is 4.90 Å². The number of hydrogen-bond donors (Lipinski definition) is 1. The molecule has 1 aromatic carbocycles. The molecule has 0 aliphatic carbocycles. The number of nitrogens with zero attached hydrogens (tertiary/aromatic N) is 1. The number of amides is 1. The van der Waals surface area contributed by atoms with Crippen LogP contribution in [0.3, 0.4) is 0 Å². The molecule has 0 spiro atoms. The molecule has 0 bridgehead atoms. The standard InChI is InChI=1S/C18H24N2O3S2/c1-3-4-13-20(2)18(21)15-7-9-17(10-8-15)25(22,23)19-12-11-16-6-5-14-24-16/h5-10,14,19H,3-4,11-13H2,1-2H3. The second-order valence-corrected chi connectivity index (χ2v) is 8.63. The number of carbonyl (C=O) groups is 1. The third-order valence-electron chi connectivity index (χ3n) is 3.85. The lowest BCUT2D eigenvalue weighted by molar-refractivity contribution is 0.0793. The summed E-state index contributed by atoms with van der Waals surface area (Å²) in [5.74, 6) is -0.0944. The summed E-state index contributed by atoms with van der Waals surface area (Å²) in [5, 5.41) is 1.97. The predicted molar refractivity (Wildman–Crippen MR) is 102 cm³/mol. The number of nitrogens with one attached hydrogen (secondary N) is 1. The molecule has 2 rings (SSSR count). The molecule has 5 nitrogen and oxygen atoms in total. The van der Waals surface area contributed by atoms with Gasteiger partial charge in [0.2, 0.25) is 10.0 Å². The number of unbranched alkanes of at least 4 members (excludes halogenated alkanes) is 1. The Bertz CT molecular complexity index is 769. The van der Waals surface area contributed by atoms with Crippen LogP contribution in [-0.4, -0.2) is 39.4 Å². The molecule has 2 aromatic rings. The minimum absolute atomic E-state index is 0.0944. The first-order valence-corrected chi connectivity index (χ1v) is 10.7. The van der Waals surface area contributed by atoms with Crippen molar-refractivity contribution in [3.8, 4) is 0 Å². The first-order valence-electron chi connectivity index (χ1n) is 8.31. The highest BCUT2D eigenvalue weighted by Crippen LogP contribution is 2.13. The molecule has 1 heterocycles. The Balaban J connectivity index is 1.96. The van der Waals surface area contributed by atoms with Gasteiger partial charge in [-0.2, -0.15) is 0 Å². The van der Waals surface area contributed by atoms with Gasteiger partial charge in [-0.25, -0.2) is 13.1 Å². The van der Waals surface area contributed by atoms with Crippen molar-refractivity contribution >= 4 is 27.3 Å². The average molecular weight is 381 g/mol. The highest BCUT2D eigenvalue weighted by Gasteiger charge is 2.16.